The number of fused-ring (bicyclic) bond motifs is 1. The maximum atomic E-state index is 12.9. The minimum atomic E-state index is -3.49. The lowest BCUT2D eigenvalue weighted by molar-refractivity contribution is -0.118. The Hall–Kier alpha value is -2.38. The number of sulfonamides is 1. The molecule has 0 bridgehead atoms. The molecule has 7 heteroatoms. The highest BCUT2D eigenvalue weighted by molar-refractivity contribution is 7.89. The van der Waals surface area contributed by atoms with Crippen molar-refractivity contribution in [2.75, 3.05) is 25.0 Å². The average molecular weight is 443 g/mol. The lowest BCUT2D eigenvalue weighted by Gasteiger charge is -2.20. The molecule has 6 nitrogen and oxygen atoms in total. The van der Waals surface area contributed by atoms with E-state index in [1.807, 2.05) is 12.1 Å². The molecule has 2 aromatic rings. The predicted octanol–water partition coefficient (Wildman–Crippen LogP) is 4.15. The maximum absolute atomic E-state index is 12.9. The summed E-state index contributed by atoms with van der Waals surface area (Å²) in [5, 5.41) is 2.77. The molecule has 2 aromatic carbocycles. The highest BCUT2D eigenvalue weighted by Gasteiger charge is 2.25. The molecule has 1 aliphatic carbocycles. The van der Waals surface area contributed by atoms with Crippen molar-refractivity contribution in [2.24, 2.45) is 0 Å². The van der Waals surface area contributed by atoms with Crippen LogP contribution in [0, 0.1) is 0 Å². The Labute approximate surface area is 184 Å². The largest absolute Gasteiger partial charge is 0.484 e. The van der Waals surface area contributed by atoms with Crippen molar-refractivity contribution in [2.45, 2.75) is 56.3 Å². The van der Waals surface area contributed by atoms with E-state index in [-0.39, 0.29) is 17.4 Å². The molecule has 4 rings (SSSR count). The van der Waals surface area contributed by atoms with Crippen LogP contribution in [0.1, 0.15) is 49.7 Å². The Balaban J connectivity index is 1.32. The smallest absolute Gasteiger partial charge is 0.262 e. The number of hydrogen-bond donors (Lipinski definition) is 1. The van der Waals surface area contributed by atoms with Gasteiger partial charge in [0.05, 0.1) is 4.90 Å². The summed E-state index contributed by atoms with van der Waals surface area (Å²) in [6.07, 6.45) is 8.54. The molecule has 1 aliphatic heterocycles. The predicted molar refractivity (Wildman–Crippen MR) is 121 cm³/mol. The number of benzene rings is 2. The molecule has 2 aliphatic rings. The molecule has 1 heterocycles. The van der Waals surface area contributed by atoms with Crippen LogP contribution in [-0.4, -0.2) is 38.3 Å². The number of rotatable bonds is 6. The van der Waals surface area contributed by atoms with E-state index in [0.29, 0.717) is 24.5 Å². The first-order chi connectivity index (χ1) is 15.0. The molecule has 1 amide bonds. The summed E-state index contributed by atoms with van der Waals surface area (Å²) in [5.41, 5.74) is 3.23. The van der Waals surface area contributed by atoms with Crippen molar-refractivity contribution in [3.8, 4) is 5.75 Å². The van der Waals surface area contributed by atoms with Crippen molar-refractivity contribution < 1.29 is 17.9 Å². The maximum Gasteiger partial charge on any atom is 0.262 e. The molecule has 0 saturated carbocycles. The molecule has 0 atom stereocenters. The van der Waals surface area contributed by atoms with Crippen molar-refractivity contribution in [3.05, 3.63) is 53.6 Å². The Morgan fingerprint density at radius 1 is 0.871 bits per heavy atom. The van der Waals surface area contributed by atoms with Gasteiger partial charge in [0.1, 0.15) is 5.75 Å². The lowest BCUT2D eigenvalue weighted by atomic mass is 9.92. The van der Waals surface area contributed by atoms with E-state index >= 15 is 0 Å². The van der Waals surface area contributed by atoms with E-state index in [2.05, 4.69) is 11.4 Å². The number of carbonyl (C=O) groups excluding carboxylic acids is 1. The van der Waals surface area contributed by atoms with E-state index in [4.69, 9.17) is 4.74 Å². The second-order valence-electron chi connectivity index (χ2n) is 8.32. The molecule has 0 spiro atoms. The van der Waals surface area contributed by atoms with Gasteiger partial charge in [-0.1, -0.05) is 18.9 Å². The van der Waals surface area contributed by atoms with Gasteiger partial charge in [0.2, 0.25) is 10.0 Å². The van der Waals surface area contributed by atoms with Gasteiger partial charge in [-0.3, -0.25) is 4.79 Å². The Morgan fingerprint density at radius 2 is 1.55 bits per heavy atom. The van der Waals surface area contributed by atoms with Gasteiger partial charge >= 0.3 is 0 Å². The average Bonchev–Trinajstić information content (AvgIpc) is 3.08. The van der Waals surface area contributed by atoms with E-state index in [1.165, 1.54) is 24.0 Å². The minimum absolute atomic E-state index is 0.0907. The van der Waals surface area contributed by atoms with Crippen LogP contribution < -0.4 is 10.1 Å². The van der Waals surface area contributed by atoms with E-state index < -0.39 is 10.0 Å². The molecular formula is C24H30N2O4S. The quantitative estimate of drug-likeness (QED) is 0.729. The van der Waals surface area contributed by atoms with Gasteiger partial charge in [-0.2, -0.15) is 4.31 Å². The highest BCUT2D eigenvalue weighted by atomic mass is 32.2. The summed E-state index contributed by atoms with van der Waals surface area (Å²) in [6.45, 7) is 1.05. The fourth-order valence-corrected chi connectivity index (χ4v) is 5.80. The molecule has 0 radical (unpaired) electrons. The second kappa shape index (κ2) is 9.83. The van der Waals surface area contributed by atoms with Gasteiger partial charge in [0.25, 0.3) is 5.91 Å². The van der Waals surface area contributed by atoms with Crippen LogP contribution >= 0.6 is 0 Å². The van der Waals surface area contributed by atoms with Crippen LogP contribution in [0.2, 0.25) is 0 Å². The van der Waals surface area contributed by atoms with E-state index in [0.717, 1.165) is 38.5 Å². The fraction of sp³-hybridized carbons (Fsp3) is 0.458. The summed E-state index contributed by atoms with van der Waals surface area (Å²) in [5.74, 6) is 0.426. The van der Waals surface area contributed by atoms with Crippen LogP contribution in [0.4, 0.5) is 5.69 Å². The van der Waals surface area contributed by atoms with Gasteiger partial charge in [-0.15, -0.1) is 0 Å². The number of hydrogen-bond acceptors (Lipinski definition) is 4. The lowest BCUT2D eigenvalue weighted by Crippen LogP contribution is -2.31. The first-order valence-electron chi connectivity index (χ1n) is 11.2. The fourth-order valence-electron chi connectivity index (χ4n) is 4.29. The van der Waals surface area contributed by atoms with Gasteiger partial charge < -0.3 is 10.1 Å². The van der Waals surface area contributed by atoms with Crippen molar-refractivity contribution in [3.63, 3.8) is 0 Å². The third kappa shape index (κ3) is 5.46. The zero-order chi connectivity index (χ0) is 21.7. The number of ether oxygens (including phenoxy) is 1. The van der Waals surface area contributed by atoms with E-state index in [9.17, 15) is 13.2 Å². The molecule has 31 heavy (non-hydrogen) atoms. The first-order valence-corrected chi connectivity index (χ1v) is 12.6. The third-order valence-electron chi connectivity index (χ3n) is 6.03. The molecule has 1 saturated heterocycles. The summed E-state index contributed by atoms with van der Waals surface area (Å²) >= 11 is 0. The minimum Gasteiger partial charge on any atom is -0.484 e. The summed E-state index contributed by atoms with van der Waals surface area (Å²) in [6, 6.07) is 12.4. The van der Waals surface area contributed by atoms with Crippen LogP contribution in [0.25, 0.3) is 0 Å². The zero-order valence-electron chi connectivity index (χ0n) is 17.8. The zero-order valence-corrected chi connectivity index (χ0v) is 18.6. The standard InChI is InChI=1S/C24H30N2O4S/c27-24(18-30-22-12-9-19-7-3-4-8-20(19)17-22)25-21-10-13-23(14-11-21)31(28,29)26-15-5-1-2-6-16-26/h9-14,17H,1-8,15-16,18H2,(H,25,27). The second-order valence-corrected chi connectivity index (χ2v) is 10.3. The van der Waals surface area contributed by atoms with Crippen LogP contribution in [0.5, 0.6) is 5.75 Å². The number of nitrogens with one attached hydrogen (secondary N) is 1. The first kappa shape index (κ1) is 21.8. The third-order valence-corrected chi connectivity index (χ3v) is 7.94. The highest BCUT2D eigenvalue weighted by Crippen LogP contribution is 2.25. The normalized spacial score (nSPS) is 17.4. The molecule has 0 unspecified atom stereocenters. The van der Waals surface area contributed by atoms with Crippen LogP contribution in [0.15, 0.2) is 47.4 Å². The van der Waals surface area contributed by atoms with Gasteiger partial charge in [0, 0.05) is 18.8 Å². The number of amides is 1. The number of anilines is 1. The van der Waals surface area contributed by atoms with Crippen molar-refractivity contribution in [1.29, 1.82) is 0 Å². The number of carbonyl (C=O) groups is 1. The van der Waals surface area contributed by atoms with Crippen molar-refractivity contribution >= 4 is 21.6 Å². The molecule has 166 valence electrons. The SMILES string of the molecule is O=C(COc1ccc2c(c1)CCCC2)Nc1ccc(S(=O)(=O)N2CCCCCC2)cc1. The molecule has 0 aromatic heterocycles. The van der Waals surface area contributed by atoms with Crippen LogP contribution in [-0.2, 0) is 27.7 Å². The van der Waals surface area contributed by atoms with E-state index in [1.54, 1.807) is 28.6 Å². The topological polar surface area (TPSA) is 75.7 Å². The Kier molecular flexibility index (Phi) is 6.92. The molecular weight excluding hydrogens is 412 g/mol. The number of aryl methyl sites for hydroxylation is 2. The van der Waals surface area contributed by atoms with Crippen molar-refractivity contribution in [1.82, 2.24) is 4.31 Å². The van der Waals surface area contributed by atoms with Crippen LogP contribution in [0.3, 0.4) is 0 Å². The summed E-state index contributed by atoms with van der Waals surface area (Å²) in [4.78, 5) is 12.5. The van der Waals surface area contributed by atoms with Gasteiger partial charge in [0.15, 0.2) is 6.61 Å². The molecule has 1 fully saturated rings. The summed E-state index contributed by atoms with van der Waals surface area (Å²) in [7, 11) is -3.49. The monoisotopic (exact) mass is 442 g/mol. The Bertz CT molecular complexity index is 1010. The molecule has 1 N–H and O–H groups in total. The number of nitrogens with zero attached hydrogens (tertiary/aromatic N) is 1. The Morgan fingerprint density at radius 3 is 2.26 bits per heavy atom. The summed E-state index contributed by atoms with van der Waals surface area (Å²) < 4.78 is 32.9. The van der Waals surface area contributed by atoms with Gasteiger partial charge in [-0.25, -0.2) is 8.42 Å². The van der Waals surface area contributed by atoms with Gasteiger partial charge in [-0.05, 0) is 86.1 Å².